The van der Waals surface area contributed by atoms with E-state index in [1.165, 1.54) is 0 Å². The summed E-state index contributed by atoms with van der Waals surface area (Å²) in [6, 6.07) is 16.8. The molecule has 154 valence electrons. The minimum absolute atomic E-state index is 0.250. The molecule has 2 aromatic carbocycles. The number of amides is 2. The van der Waals surface area contributed by atoms with Gasteiger partial charge in [-0.05, 0) is 50.1 Å². The van der Waals surface area contributed by atoms with Crippen LogP contribution in [0.1, 0.15) is 34.7 Å². The maximum atomic E-state index is 12.9. The number of rotatable bonds is 6. The van der Waals surface area contributed by atoms with Crippen molar-refractivity contribution in [3.05, 3.63) is 71.6 Å². The molecule has 4 rings (SSSR count). The number of likely N-dealkylation sites (tertiary alicyclic amines) is 1. The summed E-state index contributed by atoms with van der Waals surface area (Å²) >= 11 is 0. The van der Waals surface area contributed by atoms with Gasteiger partial charge in [0.05, 0.1) is 6.04 Å². The first-order valence-corrected chi connectivity index (χ1v) is 9.98. The number of anilines is 1. The topological polar surface area (TPSA) is 101 Å². The predicted molar refractivity (Wildman–Crippen MR) is 114 cm³/mol. The summed E-state index contributed by atoms with van der Waals surface area (Å²) in [7, 11) is 0. The lowest BCUT2D eigenvalue weighted by Gasteiger charge is -2.23. The maximum Gasteiger partial charge on any atom is 0.277 e. The van der Waals surface area contributed by atoms with E-state index in [-0.39, 0.29) is 23.6 Å². The maximum absolute atomic E-state index is 12.9. The van der Waals surface area contributed by atoms with E-state index in [1.54, 1.807) is 6.92 Å². The fraction of sp³-hybridized carbons (Fsp3) is 0.261. The molecule has 2 heterocycles. The molecule has 7 nitrogen and oxygen atoms in total. The molecule has 1 aliphatic heterocycles. The van der Waals surface area contributed by atoms with E-state index in [2.05, 4.69) is 15.2 Å². The number of carbonyl (C=O) groups is 2. The highest BCUT2D eigenvalue weighted by Crippen LogP contribution is 2.25. The quantitative estimate of drug-likeness (QED) is 0.656. The Morgan fingerprint density at radius 1 is 1.17 bits per heavy atom. The molecular formula is C23H24N4O3. The van der Waals surface area contributed by atoms with Crippen LogP contribution in [0.3, 0.4) is 0 Å². The molecule has 0 bridgehead atoms. The predicted octanol–water partition coefficient (Wildman–Crippen LogP) is 3.35. The van der Waals surface area contributed by atoms with E-state index in [9.17, 15) is 9.59 Å². The number of para-hydroxylation sites is 1. The number of aryl methyl sites for hydroxylation is 1. The molecule has 3 N–H and O–H groups in total. The molecular weight excluding hydrogens is 380 g/mol. The summed E-state index contributed by atoms with van der Waals surface area (Å²) in [5, 5.41) is 2.95. The van der Waals surface area contributed by atoms with Gasteiger partial charge < -0.3 is 15.5 Å². The average molecular weight is 404 g/mol. The highest BCUT2D eigenvalue weighted by Gasteiger charge is 2.29. The van der Waals surface area contributed by atoms with Crippen LogP contribution in [0.5, 0.6) is 0 Å². The number of hydrogen-bond acceptors (Lipinski definition) is 5. The van der Waals surface area contributed by atoms with Crippen LogP contribution in [0.25, 0.3) is 11.5 Å². The van der Waals surface area contributed by atoms with Crippen LogP contribution < -0.4 is 11.1 Å². The molecule has 0 saturated carbocycles. The van der Waals surface area contributed by atoms with E-state index in [1.807, 2.05) is 54.6 Å². The Morgan fingerprint density at radius 2 is 1.90 bits per heavy atom. The van der Waals surface area contributed by atoms with Crippen molar-refractivity contribution in [2.45, 2.75) is 32.4 Å². The van der Waals surface area contributed by atoms with Gasteiger partial charge >= 0.3 is 0 Å². The Bertz CT molecular complexity index is 1060. The summed E-state index contributed by atoms with van der Waals surface area (Å²) in [4.78, 5) is 31.1. The standard InChI is InChI=1S/C23H24N4O3/c1-15-20(26-23(30-15)16-8-3-2-4-9-16)22(29)25-18-11-6-5-10-17(18)14-27-13-7-12-19(27)21(24)28/h2-6,8-11,19H,7,12-14H2,1H3,(H2,24,28)(H,25,29). The second-order valence-corrected chi connectivity index (χ2v) is 7.43. The van der Waals surface area contributed by atoms with Gasteiger partial charge in [-0.2, -0.15) is 0 Å². The zero-order valence-electron chi connectivity index (χ0n) is 16.8. The number of nitrogens with zero attached hydrogens (tertiary/aromatic N) is 2. The van der Waals surface area contributed by atoms with Crippen LogP contribution in [-0.2, 0) is 11.3 Å². The van der Waals surface area contributed by atoms with Crippen molar-refractivity contribution in [2.75, 3.05) is 11.9 Å². The van der Waals surface area contributed by atoms with Crippen LogP contribution in [0.2, 0.25) is 0 Å². The lowest BCUT2D eigenvalue weighted by Crippen LogP contribution is -2.39. The van der Waals surface area contributed by atoms with Crippen LogP contribution in [-0.4, -0.2) is 34.3 Å². The second-order valence-electron chi connectivity index (χ2n) is 7.43. The van der Waals surface area contributed by atoms with Crippen molar-refractivity contribution in [1.29, 1.82) is 0 Å². The SMILES string of the molecule is Cc1oc(-c2ccccc2)nc1C(=O)Nc1ccccc1CN1CCCC1C(N)=O. The molecule has 1 fully saturated rings. The first-order chi connectivity index (χ1) is 14.5. The number of benzene rings is 2. The van der Waals surface area contributed by atoms with Crippen molar-refractivity contribution in [3.8, 4) is 11.5 Å². The average Bonchev–Trinajstić information content (AvgIpc) is 3.37. The third-order valence-electron chi connectivity index (χ3n) is 5.36. The van der Waals surface area contributed by atoms with E-state index in [4.69, 9.17) is 10.2 Å². The summed E-state index contributed by atoms with van der Waals surface area (Å²) in [5.41, 5.74) is 8.20. The Hall–Kier alpha value is -3.45. The third-order valence-corrected chi connectivity index (χ3v) is 5.36. The fourth-order valence-electron chi connectivity index (χ4n) is 3.83. The molecule has 1 aromatic heterocycles. The molecule has 0 aliphatic carbocycles. The number of oxazole rings is 1. The monoisotopic (exact) mass is 404 g/mol. The van der Waals surface area contributed by atoms with Gasteiger partial charge in [0, 0.05) is 17.8 Å². The largest absolute Gasteiger partial charge is 0.441 e. The molecule has 1 unspecified atom stereocenters. The number of aromatic nitrogens is 1. The van der Waals surface area contributed by atoms with Gasteiger partial charge in [0.15, 0.2) is 5.69 Å². The van der Waals surface area contributed by atoms with Gasteiger partial charge in [-0.3, -0.25) is 14.5 Å². The highest BCUT2D eigenvalue weighted by atomic mass is 16.4. The van der Waals surface area contributed by atoms with Gasteiger partial charge in [-0.25, -0.2) is 4.98 Å². The van der Waals surface area contributed by atoms with Crippen LogP contribution in [0.4, 0.5) is 5.69 Å². The minimum Gasteiger partial charge on any atom is -0.441 e. The molecule has 1 atom stereocenters. The number of hydrogen-bond donors (Lipinski definition) is 2. The Kier molecular flexibility index (Phi) is 5.63. The number of nitrogens with two attached hydrogens (primary N) is 1. The van der Waals surface area contributed by atoms with Crippen LogP contribution in [0.15, 0.2) is 59.0 Å². The first kappa shape index (κ1) is 19.8. The van der Waals surface area contributed by atoms with Crippen LogP contribution >= 0.6 is 0 Å². The molecule has 0 radical (unpaired) electrons. The fourth-order valence-corrected chi connectivity index (χ4v) is 3.83. The molecule has 1 saturated heterocycles. The summed E-state index contributed by atoms with van der Waals surface area (Å²) in [6.45, 7) is 3.07. The number of carbonyl (C=O) groups excluding carboxylic acids is 2. The van der Waals surface area contributed by atoms with Crippen LogP contribution in [0, 0.1) is 6.92 Å². The molecule has 1 aliphatic rings. The van der Waals surface area contributed by atoms with Crippen molar-refractivity contribution in [3.63, 3.8) is 0 Å². The summed E-state index contributed by atoms with van der Waals surface area (Å²) in [5.74, 6) is 0.226. The van der Waals surface area contributed by atoms with Crippen molar-refractivity contribution >= 4 is 17.5 Å². The Labute approximate surface area is 174 Å². The Morgan fingerprint density at radius 3 is 2.67 bits per heavy atom. The van der Waals surface area contributed by atoms with Crippen molar-refractivity contribution in [2.24, 2.45) is 5.73 Å². The Balaban J connectivity index is 1.53. The van der Waals surface area contributed by atoms with Gasteiger partial charge in [-0.15, -0.1) is 0 Å². The molecule has 0 spiro atoms. The third kappa shape index (κ3) is 4.11. The minimum atomic E-state index is -0.334. The lowest BCUT2D eigenvalue weighted by atomic mass is 10.1. The molecule has 7 heteroatoms. The second kappa shape index (κ2) is 8.51. The van der Waals surface area contributed by atoms with Crippen molar-refractivity contribution < 1.29 is 14.0 Å². The van der Waals surface area contributed by atoms with Gasteiger partial charge in [-0.1, -0.05) is 36.4 Å². The van der Waals surface area contributed by atoms with Gasteiger partial charge in [0.2, 0.25) is 11.8 Å². The van der Waals surface area contributed by atoms with E-state index < -0.39 is 0 Å². The zero-order chi connectivity index (χ0) is 21.1. The summed E-state index contributed by atoms with van der Waals surface area (Å²) in [6.07, 6.45) is 1.70. The summed E-state index contributed by atoms with van der Waals surface area (Å²) < 4.78 is 5.71. The van der Waals surface area contributed by atoms with Crippen molar-refractivity contribution in [1.82, 2.24) is 9.88 Å². The lowest BCUT2D eigenvalue weighted by molar-refractivity contribution is -0.122. The molecule has 2 amide bonds. The van der Waals surface area contributed by atoms with E-state index in [0.29, 0.717) is 23.9 Å². The number of nitrogens with one attached hydrogen (secondary N) is 1. The smallest absolute Gasteiger partial charge is 0.277 e. The zero-order valence-corrected chi connectivity index (χ0v) is 16.8. The number of primary amides is 1. The van der Waals surface area contributed by atoms with E-state index in [0.717, 1.165) is 30.5 Å². The van der Waals surface area contributed by atoms with E-state index >= 15 is 0 Å². The first-order valence-electron chi connectivity index (χ1n) is 9.98. The highest BCUT2D eigenvalue weighted by molar-refractivity contribution is 6.04. The normalized spacial score (nSPS) is 16.5. The molecule has 3 aromatic rings. The molecule has 30 heavy (non-hydrogen) atoms. The van der Waals surface area contributed by atoms with Gasteiger partial charge in [0.25, 0.3) is 5.91 Å². The van der Waals surface area contributed by atoms with Gasteiger partial charge in [0.1, 0.15) is 5.76 Å².